The highest BCUT2D eigenvalue weighted by Gasteiger charge is 2.21. The maximum atomic E-state index is 12.1. The molecule has 0 heterocycles. The smallest absolute Gasteiger partial charge is 0.237 e. The number of phenolic OH excluding ortho intramolecular Hbond substituents is 1. The first-order chi connectivity index (χ1) is 9.64. The lowest BCUT2D eigenvalue weighted by Gasteiger charge is -2.26. The van der Waals surface area contributed by atoms with Gasteiger partial charge in [0.25, 0.3) is 0 Å². The summed E-state index contributed by atoms with van der Waals surface area (Å²) in [6.07, 6.45) is 0. The van der Waals surface area contributed by atoms with Crippen LogP contribution in [0.4, 0.5) is 0 Å². The molecule has 1 amide bonds. The van der Waals surface area contributed by atoms with Crippen molar-refractivity contribution in [1.82, 2.24) is 10.6 Å². The van der Waals surface area contributed by atoms with Crippen LogP contribution in [0.2, 0.25) is 0 Å². The zero-order chi connectivity index (χ0) is 16.2. The Morgan fingerprint density at radius 2 is 1.90 bits per heavy atom. The summed E-state index contributed by atoms with van der Waals surface area (Å²) < 4.78 is 5.06. The number of nitrogens with one attached hydrogen (secondary N) is 2. The van der Waals surface area contributed by atoms with E-state index in [1.165, 1.54) is 0 Å². The molecule has 3 N–H and O–H groups in total. The van der Waals surface area contributed by atoms with E-state index >= 15 is 0 Å². The van der Waals surface area contributed by atoms with Gasteiger partial charge >= 0.3 is 0 Å². The van der Waals surface area contributed by atoms with Crippen LogP contribution in [0, 0.1) is 0 Å². The largest absolute Gasteiger partial charge is 0.507 e. The van der Waals surface area contributed by atoms with Crippen LogP contribution in [0.25, 0.3) is 0 Å². The summed E-state index contributed by atoms with van der Waals surface area (Å²) in [6.45, 7) is 9.53. The zero-order valence-electron chi connectivity index (χ0n) is 13.7. The van der Waals surface area contributed by atoms with Crippen LogP contribution in [0.1, 0.15) is 46.2 Å². The normalized spacial score (nSPS) is 14.4. The van der Waals surface area contributed by atoms with E-state index in [0.29, 0.717) is 5.75 Å². The summed E-state index contributed by atoms with van der Waals surface area (Å²) in [4.78, 5) is 12.1. The van der Waals surface area contributed by atoms with E-state index in [2.05, 4.69) is 10.6 Å². The van der Waals surface area contributed by atoms with E-state index in [1.54, 1.807) is 32.2 Å². The first-order valence-electron chi connectivity index (χ1n) is 7.09. The molecular weight excluding hydrogens is 268 g/mol. The minimum absolute atomic E-state index is 0.0673. The van der Waals surface area contributed by atoms with Gasteiger partial charge in [0.15, 0.2) is 0 Å². The molecule has 1 aromatic rings. The number of hydrogen-bond acceptors (Lipinski definition) is 4. The number of aromatic hydroxyl groups is 1. The monoisotopic (exact) mass is 294 g/mol. The molecule has 5 heteroatoms. The predicted molar refractivity (Wildman–Crippen MR) is 83.6 cm³/mol. The van der Waals surface area contributed by atoms with Gasteiger partial charge in [0.1, 0.15) is 11.5 Å². The lowest BCUT2D eigenvalue weighted by molar-refractivity contribution is -0.124. The fourth-order valence-corrected chi connectivity index (χ4v) is 2.03. The van der Waals surface area contributed by atoms with E-state index in [4.69, 9.17) is 4.74 Å². The molecular formula is C16H26N2O3. The summed E-state index contributed by atoms with van der Waals surface area (Å²) in [5.74, 6) is 0.683. The van der Waals surface area contributed by atoms with Crippen LogP contribution >= 0.6 is 0 Å². The molecule has 0 aliphatic heterocycles. The quantitative estimate of drug-likeness (QED) is 0.779. The zero-order valence-corrected chi connectivity index (χ0v) is 13.7. The van der Waals surface area contributed by atoms with E-state index < -0.39 is 0 Å². The Balaban J connectivity index is 2.72. The molecule has 5 nitrogen and oxygen atoms in total. The van der Waals surface area contributed by atoms with Crippen LogP contribution in [0.3, 0.4) is 0 Å². The van der Waals surface area contributed by atoms with Crippen molar-refractivity contribution < 1.29 is 14.6 Å². The number of amides is 1. The van der Waals surface area contributed by atoms with Crippen molar-refractivity contribution in [3.8, 4) is 11.5 Å². The van der Waals surface area contributed by atoms with Gasteiger partial charge in [0.05, 0.1) is 13.2 Å². The molecule has 2 atom stereocenters. The van der Waals surface area contributed by atoms with Crippen LogP contribution in [0.15, 0.2) is 18.2 Å². The average molecular weight is 294 g/mol. The highest BCUT2D eigenvalue weighted by molar-refractivity contribution is 5.82. The Morgan fingerprint density at radius 1 is 1.29 bits per heavy atom. The molecule has 0 aliphatic carbocycles. The molecule has 1 rings (SSSR count). The fraction of sp³-hybridized carbons (Fsp3) is 0.562. The van der Waals surface area contributed by atoms with Crippen LogP contribution in [0.5, 0.6) is 11.5 Å². The standard InChI is InChI=1S/C16H26N2O3/c1-10(13-8-7-12(21-6)9-14(13)19)17-11(2)15(20)18-16(3,4)5/h7-11,17,19H,1-6H3,(H,18,20). The third-order valence-electron chi connectivity index (χ3n) is 3.10. The van der Waals surface area contributed by atoms with Gasteiger partial charge in [0, 0.05) is 23.2 Å². The first kappa shape index (κ1) is 17.3. The Morgan fingerprint density at radius 3 is 2.38 bits per heavy atom. The van der Waals surface area contributed by atoms with Gasteiger partial charge in [-0.05, 0) is 40.7 Å². The maximum Gasteiger partial charge on any atom is 0.237 e. The third kappa shape index (κ3) is 5.27. The number of carbonyl (C=O) groups is 1. The van der Waals surface area contributed by atoms with Crippen molar-refractivity contribution >= 4 is 5.91 Å². The Bertz CT molecular complexity index is 495. The Kier molecular flexibility index (Phi) is 5.61. The molecule has 2 unspecified atom stereocenters. The highest BCUT2D eigenvalue weighted by Crippen LogP contribution is 2.28. The molecule has 21 heavy (non-hydrogen) atoms. The van der Waals surface area contributed by atoms with Gasteiger partial charge in [-0.2, -0.15) is 0 Å². The lowest BCUT2D eigenvalue weighted by atomic mass is 10.0. The second kappa shape index (κ2) is 6.80. The number of rotatable bonds is 5. The van der Waals surface area contributed by atoms with Gasteiger partial charge < -0.3 is 15.2 Å². The van der Waals surface area contributed by atoms with Crippen LogP contribution in [-0.4, -0.2) is 29.7 Å². The van der Waals surface area contributed by atoms with E-state index in [9.17, 15) is 9.90 Å². The second-order valence-corrected chi connectivity index (χ2v) is 6.27. The predicted octanol–water partition coefficient (Wildman–Crippen LogP) is 2.35. The first-order valence-corrected chi connectivity index (χ1v) is 7.09. The van der Waals surface area contributed by atoms with Crippen molar-refractivity contribution in [3.05, 3.63) is 23.8 Å². The van der Waals surface area contributed by atoms with Crippen molar-refractivity contribution in [2.45, 2.75) is 52.2 Å². The summed E-state index contributed by atoms with van der Waals surface area (Å²) in [6, 6.07) is 4.62. The highest BCUT2D eigenvalue weighted by atomic mass is 16.5. The molecule has 1 aromatic carbocycles. The number of benzene rings is 1. The minimum Gasteiger partial charge on any atom is -0.507 e. The topological polar surface area (TPSA) is 70.6 Å². The Labute approximate surface area is 126 Å². The average Bonchev–Trinajstić information content (AvgIpc) is 2.36. The summed E-state index contributed by atoms with van der Waals surface area (Å²) >= 11 is 0. The molecule has 0 bridgehead atoms. The van der Waals surface area contributed by atoms with Crippen molar-refractivity contribution in [2.24, 2.45) is 0 Å². The molecule has 0 aliphatic rings. The second-order valence-electron chi connectivity index (χ2n) is 6.27. The van der Waals surface area contributed by atoms with Crippen molar-refractivity contribution in [3.63, 3.8) is 0 Å². The van der Waals surface area contributed by atoms with Gasteiger partial charge in [-0.1, -0.05) is 6.07 Å². The summed E-state index contributed by atoms with van der Waals surface area (Å²) in [5.41, 5.74) is 0.463. The third-order valence-corrected chi connectivity index (χ3v) is 3.10. The molecule has 0 radical (unpaired) electrons. The van der Waals surface area contributed by atoms with Gasteiger partial charge in [-0.3, -0.25) is 10.1 Å². The lowest BCUT2D eigenvalue weighted by Crippen LogP contribution is -2.49. The van der Waals surface area contributed by atoms with Gasteiger partial charge in [-0.25, -0.2) is 0 Å². The molecule has 0 saturated heterocycles. The molecule has 0 fully saturated rings. The number of ether oxygens (including phenoxy) is 1. The van der Waals surface area contributed by atoms with E-state index in [0.717, 1.165) is 5.56 Å². The number of hydrogen-bond donors (Lipinski definition) is 3. The fourth-order valence-electron chi connectivity index (χ4n) is 2.03. The van der Waals surface area contributed by atoms with Crippen LogP contribution < -0.4 is 15.4 Å². The number of methoxy groups -OCH3 is 1. The molecule has 0 saturated carbocycles. The summed E-state index contributed by atoms with van der Waals surface area (Å²) in [5, 5.41) is 16.1. The minimum atomic E-state index is -0.360. The van der Waals surface area contributed by atoms with Gasteiger partial charge in [0.2, 0.25) is 5.91 Å². The Hall–Kier alpha value is -1.75. The molecule has 0 spiro atoms. The molecule has 118 valence electrons. The molecule has 0 aromatic heterocycles. The van der Waals surface area contributed by atoms with E-state index in [1.807, 2.05) is 27.7 Å². The SMILES string of the molecule is COc1ccc(C(C)NC(C)C(=O)NC(C)(C)C)c(O)c1. The number of phenols is 1. The van der Waals surface area contributed by atoms with Crippen LogP contribution in [-0.2, 0) is 4.79 Å². The number of carbonyl (C=O) groups excluding carboxylic acids is 1. The van der Waals surface area contributed by atoms with Gasteiger partial charge in [-0.15, -0.1) is 0 Å². The van der Waals surface area contributed by atoms with Crippen molar-refractivity contribution in [1.29, 1.82) is 0 Å². The maximum absolute atomic E-state index is 12.1. The summed E-state index contributed by atoms with van der Waals surface area (Å²) in [7, 11) is 1.55. The van der Waals surface area contributed by atoms with E-state index in [-0.39, 0.29) is 29.3 Å². The van der Waals surface area contributed by atoms with Crippen molar-refractivity contribution in [2.75, 3.05) is 7.11 Å².